The van der Waals surface area contributed by atoms with Crippen LogP contribution in [0.4, 0.5) is 5.69 Å². The molecule has 6 heteroatoms. The smallest absolute Gasteiger partial charge is 0.331 e. The van der Waals surface area contributed by atoms with E-state index in [0.717, 1.165) is 22.2 Å². The highest BCUT2D eigenvalue weighted by molar-refractivity contribution is 6.07. The Morgan fingerprint density at radius 3 is 2.77 bits per heavy atom. The Hall–Kier alpha value is -2.76. The van der Waals surface area contributed by atoms with E-state index in [9.17, 15) is 9.90 Å². The number of aryl methyl sites for hydroxylation is 1. The van der Waals surface area contributed by atoms with Gasteiger partial charge in [0.05, 0.1) is 17.4 Å². The van der Waals surface area contributed by atoms with Crippen LogP contribution >= 0.6 is 0 Å². The summed E-state index contributed by atoms with van der Waals surface area (Å²) in [7, 11) is 0. The summed E-state index contributed by atoms with van der Waals surface area (Å²) < 4.78 is 0. The number of aliphatic carboxylic acids is 1. The topological polar surface area (TPSA) is 90.7 Å². The molecule has 0 atom stereocenters. The van der Waals surface area contributed by atoms with Crippen molar-refractivity contribution >= 4 is 35.1 Å². The fraction of sp³-hybridized carbons (Fsp3) is 0.250. The van der Waals surface area contributed by atoms with Crippen LogP contribution in [0.2, 0.25) is 0 Å². The molecule has 1 aromatic carbocycles. The Bertz CT molecular complexity index is 800. The van der Waals surface area contributed by atoms with Gasteiger partial charge in [-0.1, -0.05) is 6.92 Å². The minimum absolute atomic E-state index is 0.285. The first-order valence-electron chi connectivity index (χ1n) is 6.90. The van der Waals surface area contributed by atoms with Gasteiger partial charge in [0.1, 0.15) is 0 Å². The lowest BCUT2D eigenvalue weighted by Gasteiger charge is -2.07. The maximum Gasteiger partial charge on any atom is 0.331 e. The number of hydrogen-bond acceptors (Lipinski definition) is 3. The van der Waals surface area contributed by atoms with Gasteiger partial charge in [-0.25, -0.2) is 14.8 Å². The number of aromatic amines is 1. The molecule has 2 N–H and O–H groups in total. The molecule has 0 aliphatic carbocycles. The second-order valence-corrected chi connectivity index (χ2v) is 4.95. The van der Waals surface area contributed by atoms with Crippen molar-refractivity contribution in [3.63, 3.8) is 0 Å². The van der Waals surface area contributed by atoms with Crippen LogP contribution < -0.4 is 0 Å². The van der Waals surface area contributed by atoms with Crippen LogP contribution in [0.3, 0.4) is 0 Å². The van der Waals surface area contributed by atoms with Crippen LogP contribution in [0, 0.1) is 6.92 Å². The minimum Gasteiger partial charge on any atom is -0.478 e. The fourth-order valence-corrected chi connectivity index (χ4v) is 2.27. The van der Waals surface area contributed by atoms with Gasteiger partial charge >= 0.3 is 5.97 Å². The Kier molecular flexibility index (Phi) is 4.50. The SMILES string of the molecule is C=NC(=Nc1cc2cn[nH]c2cc1C)C(C)=C(CC)C(=O)O. The van der Waals surface area contributed by atoms with Crippen molar-refractivity contribution in [3.05, 3.63) is 35.0 Å². The molecule has 1 aromatic heterocycles. The summed E-state index contributed by atoms with van der Waals surface area (Å²) in [4.78, 5) is 19.6. The number of nitrogens with zero attached hydrogens (tertiary/aromatic N) is 3. The Balaban J connectivity index is 2.57. The van der Waals surface area contributed by atoms with Crippen molar-refractivity contribution in [2.75, 3.05) is 0 Å². The highest BCUT2D eigenvalue weighted by atomic mass is 16.4. The number of amidine groups is 1. The van der Waals surface area contributed by atoms with Crippen LogP contribution in [0.5, 0.6) is 0 Å². The molecule has 0 bridgehead atoms. The predicted octanol–water partition coefficient (Wildman–Crippen LogP) is 3.41. The summed E-state index contributed by atoms with van der Waals surface area (Å²) in [6.07, 6.45) is 2.11. The van der Waals surface area contributed by atoms with Crippen molar-refractivity contribution in [2.24, 2.45) is 9.98 Å². The molecule has 6 nitrogen and oxygen atoms in total. The number of rotatable bonds is 4. The largest absolute Gasteiger partial charge is 0.478 e. The van der Waals surface area contributed by atoms with Crippen LogP contribution in [-0.2, 0) is 4.79 Å². The third-order valence-electron chi connectivity index (χ3n) is 3.53. The molecule has 0 fully saturated rings. The monoisotopic (exact) mass is 298 g/mol. The summed E-state index contributed by atoms with van der Waals surface area (Å²) in [6.45, 7) is 8.93. The Morgan fingerprint density at radius 1 is 1.45 bits per heavy atom. The van der Waals surface area contributed by atoms with Gasteiger partial charge in [0, 0.05) is 16.5 Å². The van der Waals surface area contributed by atoms with E-state index in [1.807, 2.05) is 19.1 Å². The standard InChI is InChI=1S/C16H18N4O2/c1-5-12(16(21)22)10(3)15(17-4)19-13-7-11-8-18-20-14(11)6-9(13)2/h6-8H,4-5H2,1-3H3,(H,18,20)(H,21,22). The van der Waals surface area contributed by atoms with E-state index in [1.165, 1.54) is 0 Å². The number of nitrogens with one attached hydrogen (secondary N) is 1. The molecule has 2 rings (SSSR count). The molecule has 0 amide bonds. The summed E-state index contributed by atoms with van der Waals surface area (Å²) in [5, 5.41) is 17.1. The number of benzene rings is 1. The molecular formula is C16H18N4O2. The quantitative estimate of drug-likeness (QED) is 0.515. The zero-order valence-electron chi connectivity index (χ0n) is 12.8. The molecule has 2 aromatic rings. The lowest BCUT2D eigenvalue weighted by molar-refractivity contribution is -0.132. The van der Waals surface area contributed by atoms with E-state index < -0.39 is 5.97 Å². The number of carbonyl (C=O) groups is 1. The Labute approximate surface area is 128 Å². The zero-order valence-corrected chi connectivity index (χ0v) is 12.8. The summed E-state index contributed by atoms with van der Waals surface area (Å²) >= 11 is 0. The maximum absolute atomic E-state index is 11.3. The lowest BCUT2D eigenvalue weighted by Crippen LogP contribution is -2.08. The normalized spacial score (nSPS) is 13.1. The zero-order chi connectivity index (χ0) is 16.3. The lowest BCUT2D eigenvalue weighted by atomic mass is 10.1. The van der Waals surface area contributed by atoms with E-state index in [2.05, 4.69) is 26.9 Å². The van der Waals surface area contributed by atoms with E-state index >= 15 is 0 Å². The van der Waals surface area contributed by atoms with Crippen molar-refractivity contribution in [3.8, 4) is 0 Å². The number of aliphatic imine (C=N–C) groups is 2. The van der Waals surface area contributed by atoms with Crippen molar-refractivity contribution in [1.82, 2.24) is 10.2 Å². The Morgan fingerprint density at radius 2 is 2.18 bits per heavy atom. The number of carboxylic acids is 1. The number of H-pyrrole nitrogens is 1. The second kappa shape index (κ2) is 6.34. The highest BCUT2D eigenvalue weighted by Crippen LogP contribution is 2.26. The van der Waals surface area contributed by atoms with Crippen LogP contribution in [-0.4, -0.2) is 33.8 Å². The molecule has 0 unspecified atom stereocenters. The van der Waals surface area contributed by atoms with E-state index in [0.29, 0.717) is 17.8 Å². The average Bonchev–Trinajstić information content (AvgIpc) is 2.91. The van der Waals surface area contributed by atoms with E-state index in [4.69, 9.17) is 0 Å². The summed E-state index contributed by atoms with van der Waals surface area (Å²) in [5.74, 6) is -0.636. The number of carboxylic acid groups (broad SMARTS) is 1. The van der Waals surface area contributed by atoms with Crippen molar-refractivity contribution in [1.29, 1.82) is 0 Å². The third kappa shape index (κ3) is 2.95. The van der Waals surface area contributed by atoms with E-state index in [1.54, 1.807) is 20.0 Å². The molecule has 114 valence electrons. The first-order chi connectivity index (χ1) is 10.5. The number of hydrogen-bond donors (Lipinski definition) is 2. The van der Waals surface area contributed by atoms with Gasteiger partial charge in [-0.2, -0.15) is 5.10 Å². The van der Waals surface area contributed by atoms with Gasteiger partial charge in [0.2, 0.25) is 0 Å². The predicted molar refractivity (Wildman–Crippen MR) is 88.1 cm³/mol. The molecule has 0 aliphatic heterocycles. The summed E-state index contributed by atoms with van der Waals surface area (Å²) in [6, 6.07) is 3.83. The molecule has 0 saturated heterocycles. The first-order valence-corrected chi connectivity index (χ1v) is 6.90. The van der Waals surface area contributed by atoms with Crippen molar-refractivity contribution < 1.29 is 9.90 Å². The minimum atomic E-state index is -0.960. The molecule has 0 aliphatic rings. The number of fused-ring (bicyclic) bond motifs is 1. The maximum atomic E-state index is 11.3. The van der Waals surface area contributed by atoms with Crippen LogP contribution in [0.15, 0.2) is 39.5 Å². The highest BCUT2D eigenvalue weighted by Gasteiger charge is 2.13. The first kappa shape index (κ1) is 15.6. The van der Waals surface area contributed by atoms with Crippen LogP contribution in [0.25, 0.3) is 10.9 Å². The van der Waals surface area contributed by atoms with Gasteiger partial charge in [0.15, 0.2) is 5.84 Å². The molecule has 0 saturated carbocycles. The molecular weight excluding hydrogens is 280 g/mol. The molecule has 22 heavy (non-hydrogen) atoms. The average molecular weight is 298 g/mol. The molecule has 1 heterocycles. The van der Waals surface area contributed by atoms with E-state index in [-0.39, 0.29) is 5.57 Å². The molecule has 0 radical (unpaired) electrons. The van der Waals surface area contributed by atoms with Gasteiger partial charge in [-0.15, -0.1) is 0 Å². The van der Waals surface area contributed by atoms with Crippen molar-refractivity contribution in [2.45, 2.75) is 27.2 Å². The van der Waals surface area contributed by atoms with Gasteiger partial charge in [-0.05, 0) is 44.7 Å². The summed E-state index contributed by atoms with van der Waals surface area (Å²) in [5.41, 5.74) is 3.40. The molecule has 0 spiro atoms. The van der Waals surface area contributed by atoms with Crippen LogP contribution in [0.1, 0.15) is 25.8 Å². The fourth-order valence-electron chi connectivity index (χ4n) is 2.27. The number of aromatic nitrogens is 2. The van der Waals surface area contributed by atoms with Gasteiger partial charge in [0.25, 0.3) is 0 Å². The van der Waals surface area contributed by atoms with Gasteiger partial charge < -0.3 is 5.11 Å². The third-order valence-corrected chi connectivity index (χ3v) is 3.53. The second-order valence-electron chi connectivity index (χ2n) is 4.95. The van der Waals surface area contributed by atoms with Gasteiger partial charge in [-0.3, -0.25) is 5.10 Å².